The molecule has 0 spiro atoms. The Morgan fingerprint density at radius 2 is 2.21 bits per heavy atom. The Hall–Kier alpha value is -1.13. The van der Waals surface area contributed by atoms with Gasteiger partial charge in [0.05, 0.1) is 11.7 Å². The van der Waals surface area contributed by atoms with Crippen LogP contribution in [-0.4, -0.2) is 23.4 Å². The quantitative estimate of drug-likeness (QED) is 0.914. The molecule has 0 saturated heterocycles. The maximum atomic E-state index is 13.2. The second-order valence-corrected chi connectivity index (χ2v) is 6.09. The molecule has 1 heterocycles. The van der Waals surface area contributed by atoms with Crippen LogP contribution in [0.3, 0.4) is 0 Å². The Balaban J connectivity index is 2.27. The first kappa shape index (κ1) is 14.3. The number of ether oxygens (including phenoxy) is 2. The van der Waals surface area contributed by atoms with E-state index in [2.05, 4.69) is 0 Å². The Labute approximate surface area is 113 Å². The molecule has 2 rings (SSSR count). The van der Waals surface area contributed by atoms with Crippen LogP contribution in [0.15, 0.2) is 18.2 Å². The van der Waals surface area contributed by atoms with Crippen molar-refractivity contribution in [3.8, 4) is 5.75 Å². The summed E-state index contributed by atoms with van der Waals surface area (Å²) in [7, 11) is 1.66. The molecule has 1 N–H and O–H groups in total. The van der Waals surface area contributed by atoms with E-state index in [0.29, 0.717) is 24.2 Å². The lowest BCUT2D eigenvalue weighted by Crippen LogP contribution is -2.44. The highest BCUT2D eigenvalue weighted by Gasteiger charge is 2.40. The molecule has 0 aliphatic carbocycles. The van der Waals surface area contributed by atoms with Crippen molar-refractivity contribution in [2.75, 3.05) is 7.11 Å². The summed E-state index contributed by atoms with van der Waals surface area (Å²) in [6.07, 6.45) is 0.359. The number of hydrogen-bond donors (Lipinski definition) is 1. The molecule has 1 aliphatic heterocycles. The topological polar surface area (TPSA) is 38.7 Å². The molecule has 1 aromatic carbocycles. The van der Waals surface area contributed by atoms with Gasteiger partial charge in [-0.15, -0.1) is 0 Å². The number of aliphatic hydroxyl groups excluding tert-OH is 1. The first-order valence-electron chi connectivity index (χ1n) is 6.46. The first-order valence-corrected chi connectivity index (χ1v) is 6.46. The van der Waals surface area contributed by atoms with E-state index in [9.17, 15) is 9.50 Å². The number of rotatable bonds is 3. The van der Waals surface area contributed by atoms with E-state index in [0.717, 1.165) is 0 Å². The predicted octanol–water partition coefficient (Wildman–Crippen LogP) is 3.22. The summed E-state index contributed by atoms with van der Waals surface area (Å²) in [6, 6.07) is 4.25. The highest BCUT2D eigenvalue weighted by molar-refractivity contribution is 5.38. The molecule has 4 heteroatoms. The number of hydrogen-bond acceptors (Lipinski definition) is 3. The lowest BCUT2D eigenvalue weighted by Gasteiger charge is -2.42. The Bertz CT molecular complexity index is 472. The second-order valence-electron chi connectivity index (χ2n) is 6.09. The van der Waals surface area contributed by atoms with E-state index < -0.39 is 11.7 Å². The van der Waals surface area contributed by atoms with E-state index in [1.807, 2.05) is 20.8 Å². The largest absolute Gasteiger partial charge is 0.487 e. The summed E-state index contributed by atoms with van der Waals surface area (Å²) < 4.78 is 24.6. The summed E-state index contributed by atoms with van der Waals surface area (Å²) in [6.45, 7) is 5.91. The van der Waals surface area contributed by atoms with Gasteiger partial charge in [-0.05, 0) is 39.0 Å². The molecule has 0 radical (unpaired) electrons. The van der Waals surface area contributed by atoms with Crippen LogP contribution >= 0.6 is 0 Å². The molecule has 0 bridgehead atoms. The van der Waals surface area contributed by atoms with Crippen molar-refractivity contribution in [1.82, 2.24) is 0 Å². The normalized spacial score (nSPS) is 26.7. The van der Waals surface area contributed by atoms with Crippen LogP contribution in [0.2, 0.25) is 0 Å². The van der Waals surface area contributed by atoms with Gasteiger partial charge in [-0.25, -0.2) is 4.39 Å². The molecule has 3 nitrogen and oxygen atoms in total. The van der Waals surface area contributed by atoms with Crippen LogP contribution in [-0.2, 0) is 4.74 Å². The molecule has 0 saturated carbocycles. The monoisotopic (exact) mass is 268 g/mol. The number of halogens is 1. The zero-order valence-electron chi connectivity index (χ0n) is 11.9. The van der Waals surface area contributed by atoms with Gasteiger partial charge in [0.1, 0.15) is 17.2 Å². The fraction of sp³-hybridized carbons (Fsp3) is 0.600. The molecule has 106 valence electrons. The third-order valence-electron chi connectivity index (χ3n) is 3.66. The van der Waals surface area contributed by atoms with Gasteiger partial charge in [0, 0.05) is 25.5 Å². The molecular formula is C15H21FO3. The SMILES string of the molecule is COC(C)(C)CC1(C)C[C@H](O)c2cc(F)ccc2O1. The van der Waals surface area contributed by atoms with Gasteiger partial charge in [0.25, 0.3) is 0 Å². The van der Waals surface area contributed by atoms with Crippen LogP contribution in [0.1, 0.15) is 45.3 Å². The van der Waals surface area contributed by atoms with Crippen molar-refractivity contribution in [3.63, 3.8) is 0 Å². The molecule has 2 atom stereocenters. The van der Waals surface area contributed by atoms with Gasteiger partial charge in [0.15, 0.2) is 0 Å². The Kier molecular flexibility index (Phi) is 3.58. The number of methoxy groups -OCH3 is 1. The minimum absolute atomic E-state index is 0.341. The summed E-state index contributed by atoms with van der Waals surface area (Å²) >= 11 is 0. The molecule has 0 aromatic heterocycles. The maximum Gasteiger partial charge on any atom is 0.126 e. The average molecular weight is 268 g/mol. The average Bonchev–Trinajstić information content (AvgIpc) is 2.29. The van der Waals surface area contributed by atoms with E-state index in [1.54, 1.807) is 13.2 Å². The van der Waals surface area contributed by atoms with Gasteiger partial charge < -0.3 is 14.6 Å². The first-order chi connectivity index (χ1) is 8.75. The van der Waals surface area contributed by atoms with Crippen molar-refractivity contribution in [1.29, 1.82) is 0 Å². The number of benzene rings is 1. The van der Waals surface area contributed by atoms with Crippen molar-refractivity contribution in [2.45, 2.75) is 50.9 Å². The molecule has 0 amide bonds. The van der Waals surface area contributed by atoms with E-state index in [4.69, 9.17) is 9.47 Å². The van der Waals surface area contributed by atoms with Crippen molar-refractivity contribution in [3.05, 3.63) is 29.6 Å². The van der Waals surface area contributed by atoms with Crippen LogP contribution in [0.25, 0.3) is 0 Å². The van der Waals surface area contributed by atoms with Gasteiger partial charge >= 0.3 is 0 Å². The standard InChI is InChI=1S/C15H21FO3/c1-14(2,18-4)9-15(3)8-12(17)11-7-10(16)5-6-13(11)19-15/h5-7,12,17H,8-9H2,1-4H3/t12-,15?/m0/s1. The zero-order valence-corrected chi connectivity index (χ0v) is 11.9. The lowest BCUT2D eigenvalue weighted by molar-refractivity contribution is -0.0747. The van der Waals surface area contributed by atoms with Crippen molar-refractivity contribution in [2.24, 2.45) is 0 Å². The highest BCUT2D eigenvalue weighted by Crippen LogP contribution is 2.43. The summed E-state index contributed by atoms with van der Waals surface area (Å²) in [4.78, 5) is 0. The minimum Gasteiger partial charge on any atom is -0.487 e. The summed E-state index contributed by atoms with van der Waals surface area (Å²) in [5.41, 5.74) is -0.344. The van der Waals surface area contributed by atoms with Gasteiger partial charge in [-0.1, -0.05) is 0 Å². The summed E-state index contributed by atoms with van der Waals surface area (Å²) in [5.74, 6) is 0.191. The highest BCUT2D eigenvalue weighted by atomic mass is 19.1. The Morgan fingerprint density at radius 3 is 2.84 bits per heavy atom. The maximum absolute atomic E-state index is 13.2. The number of fused-ring (bicyclic) bond motifs is 1. The fourth-order valence-corrected chi connectivity index (χ4v) is 2.78. The Morgan fingerprint density at radius 1 is 1.53 bits per heavy atom. The minimum atomic E-state index is -0.711. The van der Waals surface area contributed by atoms with Crippen LogP contribution in [0.4, 0.5) is 4.39 Å². The van der Waals surface area contributed by atoms with E-state index in [1.165, 1.54) is 12.1 Å². The third kappa shape index (κ3) is 3.07. The van der Waals surface area contributed by atoms with E-state index >= 15 is 0 Å². The molecule has 1 aromatic rings. The molecule has 19 heavy (non-hydrogen) atoms. The van der Waals surface area contributed by atoms with Crippen LogP contribution < -0.4 is 4.74 Å². The van der Waals surface area contributed by atoms with E-state index in [-0.39, 0.29) is 11.4 Å². The van der Waals surface area contributed by atoms with Gasteiger partial charge in [-0.2, -0.15) is 0 Å². The zero-order chi connectivity index (χ0) is 14.3. The lowest BCUT2D eigenvalue weighted by atomic mass is 9.82. The number of aliphatic hydroxyl groups is 1. The molecule has 1 unspecified atom stereocenters. The van der Waals surface area contributed by atoms with Gasteiger partial charge in [0.2, 0.25) is 0 Å². The van der Waals surface area contributed by atoms with Gasteiger partial charge in [-0.3, -0.25) is 0 Å². The molecule has 0 fully saturated rings. The predicted molar refractivity (Wildman–Crippen MR) is 70.7 cm³/mol. The smallest absolute Gasteiger partial charge is 0.126 e. The second kappa shape index (κ2) is 4.76. The third-order valence-corrected chi connectivity index (χ3v) is 3.66. The van der Waals surface area contributed by atoms with Crippen molar-refractivity contribution < 1.29 is 19.0 Å². The van der Waals surface area contributed by atoms with Crippen molar-refractivity contribution >= 4 is 0 Å². The fourth-order valence-electron chi connectivity index (χ4n) is 2.78. The molecular weight excluding hydrogens is 247 g/mol. The summed E-state index contributed by atoms with van der Waals surface area (Å²) in [5, 5.41) is 10.2. The van der Waals surface area contributed by atoms with Crippen LogP contribution in [0, 0.1) is 5.82 Å². The van der Waals surface area contributed by atoms with Crippen LogP contribution in [0.5, 0.6) is 5.75 Å². The molecule has 1 aliphatic rings.